The molecule has 4 nitrogen and oxygen atoms in total. The molecule has 0 unspecified atom stereocenters. The van der Waals surface area contributed by atoms with Crippen molar-refractivity contribution < 1.29 is 9.37 Å². The van der Waals surface area contributed by atoms with Gasteiger partial charge in [0.1, 0.15) is 19.6 Å². The highest BCUT2D eigenvalue weighted by molar-refractivity contribution is 5.78. The van der Waals surface area contributed by atoms with Gasteiger partial charge in [0.05, 0.1) is 13.6 Å². The summed E-state index contributed by atoms with van der Waals surface area (Å²) in [4.78, 5) is 14.7. The highest BCUT2D eigenvalue weighted by atomic mass is 16.1. The molecule has 37 heavy (non-hydrogen) atoms. The minimum atomic E-state index is 0.230. The third-order valence-corrected chi connectivity index (χ3v) is 7.54. The molecular formula is C33H62N3O+. The second-order valence-electron chi connectivity index (χ2n) is 11.0. The topological polar surface area (TPSA) is 35.4 Å². The Labute approximate surface area is 231 Å². The van der Waals surface area contributed by atoms with Crippen molar-refractivity contribution in [1.82, 2.24) is 10.2 Å². The van der Waals surface area contributed by atoms with Crippen molar-refractivity contribution in [2.45, 2.75) is 142 Å². The van der Waals surface area contributed by atoms with Crippen LogP contribution in [0.4, 0.5) is 0 Å². The Kier molecular flexibility index (Phi) is 22.4. The van der Waals surface area contributed by atoms with Gasteiger partial charge in [-0.05, 0) is 51.4 Å². The summed E-state index contributed by atoms with van der Waals surface area (Å²) in [7, 11) is 2.22. The Balaban J connectivity index is 2.01. The number of amidine groups is 1. The van der Waals surface area contributed by atoms with Crippen LogP contribution in [0.15, 0.2) is 24.3 Å². The molecular weight excluding hydrogens is 454 g/mol. The Morgan fingerprint density at radius 1 is 0.757 bits per heavy atom. The summed E-state index contributed by atoms with van der Waals surface area (Å²) in [6.07, 6.45) is 34.1. The molecule has 1 amide bonds. The van der Waals surface area contributed by atoms with E-state index in [-0.39, 0.29) is 5.91 Å². The van der Waals surface area contributed by atoms with Gasteiger partial charge < -0.3 is 5.32 Å². The molecule has 1 aliphatic rings. The van der Waals surface area contributed by atoms with Crippen LogP contribution in [-0.4, -0.2) is 54.4 Å². The first-order valence-electron chi connectivity index (χ1n) is 16.1. The molecule has 0 spiro atoms. The van der Waals surface area contributed by atoms with Crippen molar-refractivity contribution in [3.8, 4) is 0 Å². The van der Waals surface area contributed by atoms with Gasteiger partial charge in [0.15, 0.2) is 0 Å². The van der Waals surface area contributed by atoms with Gasteiger partial charge >= 0.3 is 0 Å². The summed E-state index contributed by atoms with van der Waals surface area (Å²) >= 11 is 0. The third kappa shape index (κ3) is 19.2. The minimum Gasteiger partial charge on any atom is -0.352 e. The smallest absolute Gasteiger partial charge is 0.246 e. The molecule has 0 atom stereocenters. The van der Waals surface area contributed by atoms with Crippen LogP contribution in [0.1, 0.15) is 142 Å². The molecule has 1 aliphatic heterocycles. The normalized spacial score (nSPS) is 14.1. The van der Waals surface area contributed by atoms with Crippen molar-refractivity contribution in [3.05, 3.63) is 24.3 Å². The van der Waals surface area contributed by atoms with E-state index in [1.165, 1.54) is 121 Å². The van der Waals surface area contributed by atoms with Crippen LogP contribution in [0.5, 0.6) is 0 Å². The molecule has 0 bridgehead atoms. The summed E-state index contributed by atoms with van der Waals surface area (Å²) in [6, 6.07) is 0. The Morgan fingerprint density at radius 3 is 1.86 bits per heavy atom. The minimum absolute atomic E-state index is 0.230. The number of hydrogen-bond acceptors (Lipinski definition) is 2. The fourth-order valence-electron chi connectivity index (χ4n) is 5.05. The fraction of sp³-hybridized carbons (Fsp3) is 0.818. The number of amides is 1. The predicted octanol–water partition coefficient (Wildman–Crippen LogP) is 8.41. The number of carbonyl (C=O) groups excluding carboxylic acids is 1. The Morgan fingerprint density at radius 2 is 1.27 bits per heavy atom. The van der Waals surface area contributed by atoms with Gasteiger partial charge in [0, 0.05) is 12.8 Å². The zero-order valence-corrected chi connectivity index (χ0v) is 25.1. The van der Waals surface area contributed by atoms with Crippen LogP contribution in [0, 0.1) is 0 Å². The molecule has 4 heteroatoms. The average molecular weight is 517 g/mol. The van der Waals surface area contributed by atoms with E-state index in [2.05, 4.69) is 60.0 Å². The number of rotatable bonds is 25. The Bertz CT molecular complexity index is 637. The molecule has 0 saturated carbocycles. The second kappa shape index (κ2) is 24.7. The second-order valence-corrected chi connectivity index (χ2v) is 11.0. The van der Waals surface area contributed by atoms with Gasteiger partial charge in [-0.15, -0.1) is 0 Å². The maximum Gasteiger partial charge on any atom is 0.246 e. The first kappa shape index (κ1) is 33.4. The van der Waals surface area contributed by atoms with Gasteiger partial charge in [-0.1, -0.05) is 102 Å². The molecule has 0 aromatic rings. The van der Waals surface area contributed by atoms with Crippen LogP contribution in [0.25, 0.3) is 0 Å². The van der Waals surface area contributed by atoms with Crippen molar-refractivity contribution >= 4 is 11.7 Å². The lowest BCUT2D eigenvalue weighted by Crippen LogP contribution is -2.37. The summed E-state index contributed by atoms with van der Waals surface area (Å²) in [5.74, 6) is 1.71. The van der Waals surface area contributed by atoms with E-state index in [4.69, 9.17) is 0 Å². The number of nitrogens with zero attached hydrogens (tertiary/aromatic N) is 2. The van der Waals surface area contributed by atoms with Crippen molar-refractivity contribution in [3.63, 3.8) is 0 Å². The fourth-order valence-corrected chi connectivity index (χ4v) is 5.05. The monoisotopic (exact) mass is 516 g/mol. The lowest BCUT2D eigenvalue weighted by atomic mass is 10.1. The number of hydrogen-bond donors (Lipinski definition) is 1. The van der Waals surface area contributed by atoms with E-state index in [1.54, 1.807) is 0 Å². The van der Waals surface area contributed by atoms with Gasteiger partial charge in [-0.2, -0.15) is 0 Å². The quantitative estimate of drug-likeness (QED) is 0.0751. The molecule has 1 heterocycles. The van der Waals surface area contributed by atoms with Crippen molar-refractivity contribution in [2.24, 2.45) is 0 Å². The van der Waals surface area contributed by atoms with Gasteiger partial charge in [0.2, 0.25) is 11.7 Å². The number of allylic oxidation sites excluding steroid dienone is 4. The molecule has 0 aromatic heterocycles. The van der Waals surface area contributed by atoms with E-state index in [9.17, 15) is 4.79 Å². The van der Waals surface area contributed by atoms with Crippen molar-refractivity contribution in [2.75, 3.05) is 33.2 Å². The maximum absolute atomic E-state index is 12.2. The first-order chi connectivity index (χ1) is 18.2. The van der Waals surface area contributed by atoms with Crippen LogP contribution < -0.4 is 5.32 Å². The summed E-state index contributed by atoms with van der Waals surface area (Å²) in [5.41, 5.74) is 0. The van der Waals surface area contributed by atoms with Crippen LogP contribution in [0.3, 0.4) is 0 Å². The third-order valence-electron chi connectivity index (χ3n) is 7.54. The maximum atomic E-state index is 12.2. The van der Waals surface area contributed by atoms with Gasteiger partial charge in [-0.3, -0.25) is 14.3 Å². The summed E-state index contributed by atoms with van der Waals surface area (Å²) in [6.45, 7) is 8.43. The molecule has 214 valence electrons. The first-order valence-corrected chi connectivity index (χ1v) is 16.1. The number of unbranched alkanes of at least 4 members (excludes halogenated alkanes) is 14. The predicted molar refractivity (Wildman–Crippen MR) is 163 cm³/mol. The highest BCUT2D eigenvalue weighted by Gasteiger charge is 2.27. The van der Waals surface area contributed by atoms with E-state index in [1.807, 2.05) is 0 Å². The SMILES string of the molecule is CCCC/C=C/CCCCCCCC(=O)NCCN1CC[N+](C)=C1CCCCCCC/C=C/CCCC. The van der Waals surface area contributed by atoms with Crippen LogP contribution in [-0.2, 0) is 4.79 Å². The molecule has 0 saturated heterocycles. The molecule has 0 aromatic carbocycles. The molecule has 0 fully saturated rings. The lowest BCUT2D eigenvalue weighted by molar-refractivity contribution is -0.487. The number of likely N-dealkylation sites (N-methyl/N-ethyl adjacent to an activating group) is 1. The summed E-state index contributed by atoms with van der Waals surface area (Å²) < 4.78 is 2.42. The number of nitrogens with one attached hydrogen (secondary N) is 1. The summed E-state index contributed by atoms with van der Waals surface area (Å²) in [5, 5.41) is 3.17. The number of carbonyl (C=O) groups is 1. The molecule has 0 radical (unpaired) electrons. The molecule has 0 aliphatic carbocycles. The van der Waals surface area contributed by atoms with Crippen molar-refractivity contribution in [1.29, 1.82) is 0 Å². The highest BCUT2D eigenvalue weighted by Crippen LogP contribution is 2.12. The zero-order valence-electron chi connectivity index (χ0n) is 25.1. The van der Waals surface area contributed by atoms with Gasteiger partial charge in [0.25, 0.3) is 0 Å². The van der Waals surface area contributed by atoms with Crippen LogP contribution in [0.2, 0.25) is 0 Å². The van der Waals surface area contributed by atoms with Crippen LogP contribution >= 0.6 is 0 Å². The van der Waals surface area contributed by atoms with E-state index >= 15 is 0 Å². The molecule has 1 N–H and O–H groups in total. The largest absolute Gasteiger partial charge is 0.352 e. The zero-order chi connectivity index (χ0) is 26.8. The Hall–Kier alpha value is -1.58. The standard InChI is InChI=1S/C33H61N3O/c1-4-6-8-10-12-14-16-18-20-22-24-26-32(37)34-28-29-36-31-30-35(3)33(36)27-25-23-21-19-17-15-13-11-9-7-5-2/h10-13H,4-9,14-31H2,1-3H3/p+1/b12-10+,13-11+. The van der Waals surface area contributed by atoms with E-state index in [0.717, 1.165) is 32.6 Å². The van der Waals surface area contributed by atoms with E-state index in [0.29, 0.717) is 6.42 Å². The average Bonchev–Trinajstić information content (AvgIpc) is 3.24. The lowest BCUT2D eigenvalue weighted by Gasteiger charge is -2.14. The molecule has 1 rings (SSSR count). The van der Waals surface area contributed by atoms with E-state index < -0.39 is 0 Å². The van der Waals surface area contributed by atoms with Gasteiger partial charge in [-0.25, -0.2) is 0 Å².